The minimum Gasteiger partial charge on any atom is -0.543 e. The van der Waals surface area contributed by atoms with E-state index in [0.29, 0.717) is 44.6 Å². The lowest BCUT2D eigenvalue weighted by Crippen LogP contribution is -2.45. The fourth-order valence-corrected chi connectivity index (χ4v) is 8.49. The van der Waals surface area contributed by atoms with Crippen LogP contribution in [0.5, 0.6) is 11.8 Å². The zero-order chi connectivity index (χ0) is 34.3. The molecule has 2 saturated heterocycles. The number of carbonyl (C=O) groups excluding carboxylic acids is 1. The largest absolute Gasteiger partial charge is 0.543 e. The van der Waals surface area contributed by atoms with Gasteiger partial charge in [0.25, 0.3) is 0 Å². The van der Waals surface area contributed by atoms with Crippen LogP contribution in [-0.2, 0) is 23.1 Å². The first-order valence-electron chi connectivity index (χ1n) is 17.6. The van der Waals surface area contributed by atoms with Crippen LogP contribution in [0.1, 0.15) is 81.3 Å². The van der Waals surface area contributed by atoms with Crippen molar-refractivity contribution in [1.82, 2.24) is 19.8 Å². The lowest BCUT2D eigenvalue weighted by molar-refractivity contribution is -0.127. The molecule has 1 aromatic heterocycles. The van der Waals surface area contributed by atoms with E-state index in [0.717, 1.165) is 61.3 Å². The molecule has 1 amide bonds. The second-order valence-corrected chi connectivity index (χ2v) is 20.4. The van der Waals surface area contributed by atoms with Crippen molar-refractivity contribution in [2.75, 3.05) is 33.3 Å². The lowest BCUT2D eigenvalue weighted by Gasteiger charge is -2.39. The number of piperidine rings is 1. The number of hydrogen-bond acceptors (Lipinski definition) is 7. The maximum atomic E-state index is 12.4. The molecule has 3 aliphatic rings. The van der Waals surface area contributed by atoms with E-state index in [9.17, 15) is 10.1 Å². The zero-order valence-electron chi connectivity index (χ0n) is 29.6. The monoisotopic (exact) mass is 665 g/mol. The number of benzene rings is 2. The van der Waals surface area contributed by atoms with Crippen LogP contribution in [0.4, 0.5) is 0 Å². The van der Waals surface area contributed by atoms with Crippen molar-refractivity contribution >= 4 is 25.0 Å². The van der Waals surface area contributed by atoms with Crippen molar-refractivity contribution in [2.45, 2.75) is 101 Å². The average Bonchev–Trinajstić information content (AvgIpc) is 3.49. The molecule has 2 atom stereocenters. The van der Waals surface area contributed by atoms with Gasteiger partial charge >= 0.3 is 6.01 Å². The Labute approximate surface area is 287 Å². The van der Waals surface area contributed by atoms with Gasteiger partial charge in [0, 0.05) is 19.1 Å². The van der Waals surface area contributed by atoms with E-state index >= 15 is 0 Å². The van der Waals surface area contributed by atoms with Crippen molar-refractivity contribution in [3.8, 4) is 17.8 Å². The first-order valence-corrected chi connectivity index (χ1v) is 20.5. The molecule has 0 spiro atoms. The van der Waals surface area contributed by atoms with Gasteiger partial charge in [-0.2, -0.15) is 15.2 Å². The third kappa shape index (κ3) is 6.62. The van der Waals surface area contributed by atoms with Crippen LogP contribution in [0.15, 0.2) is 49.1 Å². The Morgan fingerprint density at radius 3 is 2.56 bits per heavy atom. The van der Waals surface area contributed by atoms with Crippen molar-refractivity contribution < 1.29 is 14.0 Å². The summed E-state index contributed by atoms with van der Waals surface area (Å²) in [7, 11) is 0.0886. The zero-order valence-corrected chi connectivity index (χ0v) is 30.6. The Morgan fingerprint density at radius 2 is 1.90 bits per heavy atom. The summed E-state index contributed by atoms with van der Waals surface area (Å²) in [6.45, 7) is 17.7. The van der Waals surface area contributed by atoms with Crippen molar-refractivity contribution in [3.05, 3.63) is 71.6 Å². The van der Waals surface area contributed by atoms with E-state index in [-0.39, 0.29) is 16.9 Å². The Balaban J connectivity index is 1.38. The quantitative estimate of drug-likeness (QED) is 0.184. The Kier molecular flexibility index (Phi) is 9.45. The molecule has 0 bridgehead atoms. The fraction of sp³-hybridized carbons (Fsp3) is 0.538. The number of aromatic nitrogens is 2. The molecule has 0 saturated carbocycles. The van der Waals surface area contributed by atoms with Crippen LogP contribution >= 0.6 is 0 Å². The van der Waals surface area contributed by atoms with Gasteiger partial charge in [0.1, 0.15) is 17.8 Å². The molecule has 254 valence electrons. The molecule has 2 aromatic carbocycles. The molecule has 1 unspecified atom stereocenters. The lowest BCUT2D eigenvalue weighted by atomic mass is 9.71. The van der Waals surface area contributed by atoms with E-state index in [4.69, 9.17) is 19.1 Å². The smallest absolute Gasteiger partial charge is 0.316 e. The molecule has 1 aliphatic carbocycles. The summed E-state index contributed by atoms with van der Waals surface area (Å²) in [5.74, 6) is 1.08. The first-order chi connectivity index (χ1) is 22.8. The topological polar surface area (TPSA) is 91.6 Å². The molecule has 9 heteroatoms. The standard InChI is InChI=1S/C39H51N5O3Si/c1-8-35(45)44-20-17-39(26-40,18-21-44)36-32-16-15-28(23-34(32)41-37(42-36)46-25-29-13-11-19-43(29)5)33-24-30(47-48(6,7)38(2,3)4)22-27-12-9-10-14-31(27)33/h8-10,12,14,22,24,28-29H,1,11,13,15-21,23,25H2,2-7H3/t28?,29-/m0/s1. The van der Waals surface area contributed by atoms with Gasteiger partial charge in [0.05, 0.1) is 17.5 Å². The summed E-state index contributed by atoms with van der Waals surface area (Å²) in [5, 5.41) is 13.3. The maximum absolute atomic E-state index is 12.4. The van der Waals surface area contributed by atoms with Crippen LogP contribution in [0, 0.1) is 11.3 Å². The number of likely N-dealkylation sites (N-methyl/N-ethyl adjacent to an activating group) is 1. The van der Waals surface area contributed by atoms with Crippen LogP contribution in [0.2, 0.25) is 18.1 Å². The van der Waals surface area contributed by atoms with Gasteiger partial charge < -0.3 is 19.0 Å². The average molecular weight is 666 g/mol. The highest BCUT2D eigenvalue weighted by Gasteiger charge is 2.43. The van der Waals surface area contributed by atoms with E-state index in [1.165, 1.54) is 22.4 Å². The minimum absolute atomic E-state index is 0.0887. The highest BCUT2D eigenvalue weighted by Crippen LogP contribution is 2.44. The number of ether oxygens (including phenoxy) is 1. The number of hydrogen-bond donors (Lipinski definition) is 0. The van der Waals surface area contributed by atoms with Gasteiger partial charge in [-0.15, -0.1) is 0 Å². The fourth-order valence-electron chi connectivity index (χ4n) is 7.48. The summed E-state index contributed by atoms with van der Waals surface area (Å²) in [5.41, 5.74) is 3.34. The molecular formula is C39H51N5O3Si. The van der Waals surface area contributed by atoms with E-state index in [1.54, 1.807) is 4.90 Å². The maximum Gasteiger partial charge on any atom is 0.316 e. The summed E-state index contributed by atoms with van der Waals surface area (Å²) in [6.07, 6.45) is 7.09. The summed E-state index contributed by atoms with van der Waals surface area (Å²) in [4.78, 5) is 26.6. The third-order valence-electron chi connectivity index (χ3n) is 11.6. The predicted molar refractivity (Wildman–Crippen MR) is 193 cm³/mol. The molecule has 0 radical (unpaired) electrons. The number of amides is 1. The summed E-state index contributed by atoms with van der Waals surface area (Å²) in [6, 6.07) is 16.4. The molecular weight excluding hydrogens is 615 g/mol. The number of fused-ring (bicyclic) bond motifs is 2. The van der Waals surface area contributed by atoms with Crippen molar-refractivity contribution in [3.63, 3.8) is 0 Å². The Hall–Kier alpha value is -3.74. The highest BCUT2D eigenvalue weighted by molar-refractivity contribution is 6.74. The second kappa shape index (κ2) is 13.3. The number of nitrogens with zero attached hydrogens (tertiary/aromatic N) is 5. The Bertz CT molecular complexity index is 1730. The molecule has 0 N–H and O–H groups in total. The normalized spacial score (nSPS) is 21.4. The molecule has 2 fully saturated rings. The predicted octanol–water partition coefficient (Wildman–Crippen LogP) is 7.33. The van der Waals surface area contributed by atoms with Gasteiger partial charge in [-0.05, 0) is 123 Å². The number of rotatable bonds is 8. The molecule has 48 heavy (non-hydrogen) atoms. The third-order valence-corrected chi connectivity index (χ3v) is 15.9. The minimum atomic E-state index is -2.05. The molecule has 8 nitrogen and oxygen atoms in total. The van der Waals surface area contributed by atoms with E-state index in [1.807, 2.05) is 0 Å². The van der Waals surface area contributed by atoms with Gasteiger partial charge in [0.15, 0.2) is 0 Å². The van der Waals surface area contributed by atoms with Gasteiger partial charge in [0.2, 0.25) is 14.2 Å². The van der Waals surface area contributed by atoms with Crippen LogP contribution < -0.4 is 9.16 Å². The number of likely N-dealkylation sites (tertiary alicyclic amines) is 2. The van der Waals surface area contributed by atoms with Gasteiger partial charge in [-0.1, -0.05) is 51.6 Å². The number of carbonyl (C=O) groups is 1. The number of nitriles is 1. The summed E-state index contributed by atoms with van der Waals surface area (Å²) >= 11 is 0. The van der Waals surface area contributed by atoms with Crippen LogP contribution in [0.25, 0.3) is 10.8 Å². The van der Waals surface area contributed by atoms with Gasteiger partial charge in [-0.25, -0.2) is 0 Å². The van der Waals surface area contributed by atoms with E-state index in [2.05, 4.69) is 94.9 Å². The Morgan fingerprint density at radius 1 is 1.15 bits per heavy atom. The SMILES string of the molecule is C=CC(=O)N1CCC(C#N)(c2nc(OC[C@@H]3CCCN3C)nc3c2CCC(c2cc(O[Si](C)(C)C(C)(C)C)cc4ccccc24)C3)CC1. The molecule has 3 heterocycles. The van der Waals surface area contributed by atoms with E-state index < -0.39 is 13.7 Å². The highest BCUT2D eigenvalue weighted by atomic mass is 28.4. The summed E-state index contributed by atoms with van der Waals surface area (Å²) < 4.78 is 13.2. The second-order valence-electron chi connectivity index (χ2n) is 15.6. The first kappa shape index (κ1) is 34.1. The van der Waals surface area contributed by atoms with Crippen LogP contribution in [0.3, 0.4) is 0 Å². The van der Waals surface area contributed by atoms with Crippen molar-refractivity contribution in [1.29, 1.82) is 5.26 Å². The van der Waals surface area contributed by atoms with Gasteiger partial charge in [-0.3, -0.25) is 4.79 Å². The van der Waals surface area contributed by atoms with Crippen molar-refractivity contribution in [2.24, 2.45) is 0 Å². The molecule has 2 aliphatic heterocycles. The molecule has 3 aromatic rings. The van der Waals surface area contributed by atoms with Crippen LogP contribution in [-0.4, -0.2) is 73.3 Å². The molecule has 6 rings (SSSR count).